The lowest BCUT2D eigenvalue weighted by molar-refractivity contribution is -0.147. The number of alkyl halides is 2. The van der Waals surface area contributed by atoms with Gasteiger partial charge in [-0.2, -0.15) is 4.98 Å². The van der Waals surface area contributed by atoms with E-state index in [4.69, 9.17) is 4.52 Å². The van der Waals surface area contributed by atoms with Crippen LogP contribution in [0.3, 0.4) is 0 Å². The summed E-state index contributed by atoms with van der Waals surface area (Å²) in [6.45, 7) is 0. The maximum atomic E-state index is 14.0. The molecule has 3 aliphatic rings. The lowest BCUT2D eigenvalue weighted by Gasteiger charge is -2.27. The highest BCUT2D eigenvalue weighted by Crippen LogP contribution is 2.48. The molecule has 0 spiro atoms. The van der Waals surface area contributed by atoms with Crippen LogP contribution in [-0.2, 0) is 22.4 Å². The van der Waals surface area contributed by atoms with Gasteiger partial charge in [-0.25, -0.2) is 8.78 Å². The quantitative estimate of drug-likeness (QED) is 0.687. The van der Waals surface area contributed by atoms with Gasteiger partial charge in [0.25, 0.3) is 11.8 Å². The first-order chi connectivity index (χ1) is 14.8. The lowest BCUT2D eigenvalue weighted by atomic mass is 9.78. The Balaban J connectivity index is 1.49. The Labute approximate surface area is 181 Å². The number of rotatable bonds is 5. The van der Waals surface area contributed by atoms with Crippen LogP contribution in [0, 0.1) is 11.8 Å². The molecule has 31 heavy (non-hydrogen) atoms. The van der Waals surface area contributed by atoms with Crippen LogP contribution in [0.15, 0.2) is 4.52 Å². The Kier molecular flexibility index (Phi) is 5.07. The summed E-state index contributed by atoms with van der Waals surface area (Å²) < 4.78 is 33.5. The lowest BCUT2D eigenvalue weighted by Crippen LogP contribution is -2.36. The van der Waals surface area contributed by atoms with E-state index in [0.29, 0.717) is 34.1 Å². The van der Waals surface area contributed by atoms with Gasteiger partial charge >= 0.3 is 5.97 Å². The molecule has 2 heterocycles. The zero-order chi connectivity index (χ0) is 21.8. The first kappa shape index (κ1) is 20.5. The molecular formula is C21H23F2N3O4S. The van der Waals surface area contributed by atoms with Crippen LogP contribution in [0.1, 0.15) is 67.1 Å². The predicted octanol–water partition coefficient (Wildman–Crippen LogP) is 4.63. The summed E-state index contributed by atoms with van der Waals surface area (Å²) in [5, 5.41) is 16.8. The Hall–Kier alpha value is -2.36. The SMILES string of the molecule is O=C(O)[C@@H]1CCCC[C@H]1C(=O)Nc1sc2c(c1-c1nc(C3CC3)no1)CCC(F)(F)C2. The van der Waals surface area contributed by atoms with Crippen LogP contribution in [0.2, 0.25) is 0 Å². The van der Waals surface area contributed by atoms with Crippen molar-refractivity contribution in [3.63, 3.8) is 0 Å². The summed E-state index contributed by atoms with van der Waals surface area (Å²) in [6.07, 6.45) is 4.01. The molecule has 2 fully saturated rings. The standard InChI is InChI=1S/C21H23F2N3O4S/c22-21(23)8-7-13-14(9-21)31-19(15(13)18-24-16(26-30-18)10-5-6-10)25-17(27)11-3-1-2-4-12(11)20(28)29/h10-12H,1-9H2,(H,25,27)(H,28,29)/t11-,12-/m1/s1. The Morgan fingerprint density at radius 2 is 1.90 bits per heavy atom. The number of carbonyl (C=O) groups excluding carboxylic acids is 1. The number of carboxylic acids is 1. The molecule has 5 rings (SSSR count). The Morgan fingerprint density at radius 3 is 2.61 bits per heavy atom. The van der Waals surface area contributed by atoms with Gasteiger partial charge in [-0.1, -0.05) is 18.0 Å². The molecule has 166 valence electrons. The minimum Gasteiger partial charge on any atom is -0.481 e. The Morgan fingerprint density at radius 1 is 1.16 bits per heavy atom. The third kappa shape index (κ3) is 3.97. The Bertz CT molecular complexity index is 1030. The van der Waals surface area contributed by atoms with Crippen LogP contribution in [0.4, 0.5) is 13.8 Å². The van der Waals surface area contributed by atoms with E-state index in [1.54, 1.807) is 0 Å². The highest BCUT2D eigenvalue weighted by Gasteiger charge is 2.41. The van der Waals surface area contributed by atoms with Crippen molar-refractivity contribution in [2.75, 3.05) is 5.32 Å². The molecule has 2 aromatic rings. The van der Waals surface area contributed by atoms with Crippen molar-refractivity contribution in [1.82, 2.24) is 10.1 Å². The van der Waals surface area contributed by atoms with Gasteiger partial charge in [0.05, 0.1) is 17.4 Å². The molecule has 0 unspecified atom stereocenters. The second-order valence-electron chi connectivity index (χ2n) is 8.80. The second-order valence-corrected chi connectivity index (χ2v) is 9.90. The van der Waals surface area contributed by atoms with E-state index in [0.717, 1.165) is 42.6 Å². The number of aromatic nitrogens is 2. The van der Waals surface area contributed by atoms with Crippen LogP contribution in [0.5, 0.6) is 0 Å². The number of carbonyl (C=O) groups is 2. The fraction of sp³-hybridized carbons (Fsp3) is 0.619. The number of aliphatic carboxylic acids is 1. The van der Waals surface area contributed by atoms with Gasteiger partial charge in [-0.3, -0.25) is 9.59 Å². The van der Waals surface area contributed by atoms with Crippen LogP contribution in [-0.4, -0.2) is 33.0 Å². The summed E-state index contributed by atoms with van der Waals surface area (Å²) in [6, 6.07) is 0. The van der Waals surface area contributed by atoms with Gasteiger partial charge in [0.15, 0.2) is 5.82 Å². The fourth-order valence-electron chi connectivity index (χ4n) is 4.65. The second kappa shape index (κ2) is 7.65. The van der Waals surface area contributed by atoms with Gasteiger partial charge in [0, 0.05) is 23.6 Å². The molecule has 2 atom stereocenters. The van der Waals surface area contributed by atoms with Crippen molar-refractivity contribution >= 4 is 28.2 Å². The molecule has 3 aliphatic carbocycles. The summed E-state index contributed by atoms with van der Waals surface area (Å²) in [5.74, 6) is -4.43. The predicted molar refractivity (Wildman–Crippen MR) is 108 cm³/mol. The topological polar surface area (TPSA) is 105 Å². The van der Waals surface area contributed by atoms with Crippen molar-refractivity contribution < 1.29 is 28.0 Å². The van der Waals surface area contributed by atoms with Crippen molar-refractivity contribution in [2.45, 2.75) is 69.6 Å². The van der Waals surface area contributed by atoms with Gasteiger partial charge in [-0.15, -0.1) is 11.3 Å². The van der Waals surface area contributed by atoms with E-state index in [1.807, 2.05) is 0 Å². The van der Waals surface area contributed by atoms with Crippen LogP contribution in [0.25, 0.3) is 11.5 Å². The molecule has 7 nitrogen and oxygen atoms in total. The van der Waals surface area contributed by atoms with E-state index in [-0.39, 0.29) is 37.0 Å². The smallest absolute Gasteiger partial charge is 0.307 e. The number of amides is 1. The third-order valence-corrected chi connectivity index (χ3v) is 7.65. The number of nitrogens with one attached hydrogen (secondary N) is 1. The maximum absolute atomic E-state index is 14.0. The van der Waals surface area contributed by atoms with E-state index in [2.05, 4.69) is 15.5 Å². The van der Waals surface area contributed by atoms with E-state index < -0.39 is 23.7 Å². The number of fused-ring (bicyclic) bond motifs is 1. The summed E-state index contributed by atoms with van der Waals surface area (Å²) in [5.41, 5.74) is 1.24. The summed E-state index contributed by atoms with van der Waals surface area (Å²) in [4.78, 5) is 29.7. The number of nitrogens with zero attached hydrogens (tertiary/aromatic N) is 2. The maximum Gasteiger partial charge on any atom is 0.307 e. The zero-order valence-electron chi connectivity index (χ0n) is 16.8. The summed E-state index contributed by atoms with van der Waals surface area (Å²) in [7, 11) is 0. The highest BCUT2D eigenvalue weighted by molar-refractivity contribution is 7.17. The van der Waals surface area contributed by atoms with Crippen LogP contribution < -0.4 is 5.32 Å². The molecule has 1 amide bonds. The van der Waals surface area contributed by atoms with Gasteiger partial charge in [0.2, 0.25) is 5.91 Å². The fourth-order valence-corrected chi connectivity index (χ4v) is 5.97. The molecule has 2 saturated carbocycles. The van der Waals surface area contributed by atoms with Crippen molar-refractivity contribution in [3.05, 3.63) is 16.3 Å². The van der Waals surface area contributed by atoms with Gasteiger partial charge < -0.3 is 14.9 Å². The van der Waals surface area contributed by atoms with Crippen molar-refractivity contribution in [1.29, 1.82) is 0 Å². The summed E-state index contributed by atoms with van der Waals surface area (Å²) >= 11 is 1.11. The molecule has 2 N–H and O–H groups in total. The normalized spacial score (nSPS) is 25.1. The highest BCUT2D eigenvalue weighted by atomic mass is 32.1. The average Bonchev–Trinajstić information content (AvgIpc) is 3.36. The number of carboxylic acid groups (broad SMARTS) is 1. The minimum absolute atomic E-state index is 0.159. The number of thiophene rings is 1. The molecule has 0 aromatic carbocycles. The van der Waals surface area contributed by atoms with Gasteiger partial charge in [0.1, 0.15) is 5.00 Å². The van der Waals surface area contributed by atoms with Gasteiger partial charge in [-0.05, 0) is 37.7 Å². The number of hydrogen-bond donors (Lipinski definition) is 2. The average molecular weight is 451 g/mol. The van der Waals surface area contributed by atoms with E-state index in [9.17, 15) is 23.5 Å². The minimum atomic E-state index is -2.79. The van der Waals surface area contributed by atoms with Crippen LogP contribution >= 0.6 is 11.3 Å². The third-order valence-electron chi connectivity index (χ3n) is 6.51. The molecule has 0 bridgehead atoms. The van der Waals surface area contributed by atoms with E-state index in [1.165, 1.54) is 0 Å². The molecule has 0 aliphatic heterocycles. The zero-order valence-corrected chi connectivity index (χ0v) is 17.6. The molecule has 10 heteroatoms. The number of halogens is 2. The van der Waals surface area contributed by atoms with Crippen molar-refractivity contribution in [3.8, 4) is 11.5 Å². The van der Waals surface area contributed by atoms with Crippen molar-refractivity contribution in [2.24, 2.45) is 11.8 Å². The monoisotopic (exact) mass is 451 g/mol. The largest absolute Gasteiger partial charge is 0.481 e. The molecule has 0 radical (unpaired) electrons. The molecular weight excluding hydrogens is 428 g/mol. The molecule has 0 saturated heterocycles. The molecule has 2 aromatic heterocycles. The first-order valence-electron chi connectivity index (χ1n) is 10.7. The number of hydrogen-bond acceptors (Lipinski definition) is 6. The first-order valence-corrected chi connectivity index (χ1v) is 11.5. The number of anilines is 1. The van der Waals surface area contributed by atoms with E-state index >= 15 is 0 Å².